The number of aryl methyl sites for hydroxylation is 1. The number of nitrogens with zero attached hydrogens (tertiary/aromatic N) is 1. The zero-order valence-electron chi connectivity index (χ0n) is 11.7. The Morgan fingerprint density at radius 1 is 1.11 bits per heavy atom. The first kappa shape index (κ1) is 14.1. The van der Waals surface area contributed by atoms with Crippen LogP contribution in [-0.4, -0.2) is 19.0 Å². The molecule has 2 heteroatoms. The first-order valence-electron chi connectivity index (χ1n) is 6.44. The Balaban J connectivity index is 2.18. The number of hydrogen-bond acceptors (Lipinski definition) is 1. The van der Waals surface area contributed by atoms with Gasteiger partial charge < -0.3 is 4.90 Å². The van der Waals surface area contributed by atoms with Crippen molar-refractivity contribution in [1.29, 1.82) is 0 Å². The highest BCUT2D eigenvalue weighted by molar-refractivity contribution is 6.30. The van der Waals surface area contributed by atoms with Crippen molar-refractivity contribution in [2.45, 2.75) is 19.9 Å². The molecule has 99 valence electrons. The molecule has 2 aromatic rings. The van der Waals surface area contributed by atoms with Crippen molar-refractivity contribution >= 4 is 11.6 Å². The summed E-state index contributed by atoms with van der Waals surface area (Å²) in [5.41, 5.74) is 5.15. The third-order valence-corrected chi connectivity index (χ3v) is 3.38. The lowest BCUT2D eigenvalue weighted by molar-refractivity contribution is 0.401. The van der Waals surface area contributed by atoms with Gasteiger partial charge >= 0.3 is 0 Å². The summed E-state index contributed by atoms with van der Waals surface area (Å²) in [5, 5.41) is 0.785. The summed E-state index contributed by atoms with van der Waals surface area (Å²) < 4.78 is 0. The van der Waals surface area contributed by atoms with Gasteiger partial charge in [0.1, 0.15) is 0 Å². The van der Waals surface area contributed by atoms with E-state index in [9.17, 15) is 0 Å². The number of halogens is 1. The predicted octanol–water partition coefficient (Wildman–Crippen LogP) is 4.10. The van der Waals surface area contributed by atoms with Gasteiger partial charge in [-0.15, -0.1) is 0 Å². The van der Waals surface area contributed by atoms with Crippen molar-refractivity contribution in [3.8, 4) is 0 Å². The lowest BCUT2D eigenvalue weighted by atomic mass is 9.99. The van der Waals surface area contributed by atoms with Gasteiger partial charge in [0.15, 0.2) is 0 Å². The SMILES string of the molecule is Cc1[c]cc(Cc2ccc(Cl)cc2)cc1CN(C)C. The van der Waals surface area contributed by atoms with E-state index in [1.54, 1.807) is 0 Å². The van der Waals surface area contributed by atoms with Gasteiger partial charge in [-0.1, -0.05) is 35.9 Å². The van der Waals surface area contributed by atoms with Crippen LogP contribution in [0.1, 0.15) is 22.3 Å². The maximum atomic E-state index is 5.91. The fourth-order valence-electron chi connectivity index (χ4n) is 2.11. The Morgan fingerprint density at radius 2 is 1.79 bits per heavy atom. The molecule has 2 rings (SSSR count). The minimum atomic E-state index is 0.785. The summed E-state index contributed by atoms with van der Waals surface area (Å²) in [4.78, 5) is 2.18. The zero-order valence-corrected chi connectivity index (χ0v) is 12.5. The molecule has 0 N–H and O–H groups in total. The van der Waals surface area contributed by atoms with Crippen LogP contribution in [0.15, 0.2) is 36.4 Å². The monoisotopic (exact) mass is 272 g/mol. The lowest BCUT2D eigenvalue weighted by Crippen LogP contribution is -2.12. The summed E-state index contributed by atoms with van der Waals surface area (Å²) in [6, 6.07) is 15.8. The van der Waals surface area contributed by atoms with Crippen LogP contribution in [0.4, 0.5) is 0 Å². The minimum Gasteiger partial charge on any atom is -0.305 e. The first-order valence-corrected chi connectivity index (χ1v) is 6.81. The van der Waals surface area contributed by atoms with E-state index in [4.69, 9.17) is 11.6 Å². The van der Waals surface area contributed by atoms with E-state index >= 15 is 0 Å². The highest BCUT2D eigenvalue weighted by Crippen LogP contribution is 2.17. The highest BCUT2D eigenvalue weighted by Gasteiger charge is 2.03. The van der Waals surface area contributed by atoms with E-state index in [1.165, 1.54) is 22.3 Å². The van der Waals surface area contributed by atoms with Crippen molar-refractivity contribution in [3.05, 3.63) is 69.7 Å². The predicted molar refractivity (Wildman–Crippen MR) is 81.7 cm³/mol. The second-order valence-corrected chi connectivity index (χ2v) is 5.64. The molecule has 0 saturated carbocycles. The molecule has 2 aromatic carbocycles. The molecule has 0 heterocycles. The zero-order chi connectivity index (χ0) is 13.8. The summed E-state index contributed by atoms with van der Waals surface area (Å²) in [7, 11) is 4.18. The second kappa shape index (κ2) is 6.23. The van der Waals surface area contributed by atoms with Gasteiger partial charge in [0.25, 0.3) is 0 Å². The normalized spacial score (nSPS) is 11.0. The molecule has 1 radical (unpaired) electrons. The molecule has 0 aromatic heterocycles. The van der Waals surface area contributed by atoms with Crippen LogP contribution >= 0.6 is 11.6 Å². The van der Waals surface area contributed by atoms with E-state index < -0.39 is 0 Å². The molecule has 0 aliphatic carbocycles. The Labute approximate surface area is 120 Å². The molecule has 0 fully saturated rings. The van der Waals surface area contributed by atoms with Crippen molar-refractivity contribution in [1.82, 2.24) is 4.90 Å². The van der Waals surface area contributed by atoms with Crippen LogP contribution in [0.5, 0.6) is 0 Å². The summed E-state index contributed by atoms with van der Waals surface area (Å²) in [5.74, 6) is 0. The van der Waals surface area contributed by atoms with Crippen molar-refractivity contribution < 1.29 is 0 Å². The summed E-state index contributed by atoms with van der Waals surface area (Å²) in [6.45, 7) is 3.07. The third-order valence-electron chi connectivity index (χ3n) is 3.12. The molecule has 0 amide bonds. The molecule has 0 bridgehead atoms. The van der Waals surface area contributed by atoms with Gasteiger partial charge in [-0.3, -0.25) is 0 Å². The van der Waals surface area contributed by atoms with Gasteiger partial charge in [0, 0.05) is 11.6 Å². The third kappa shape index (κ3) is 4.09. The largest absolute Gasteiger partial charge is 0.305 e. The Morgan fingerprint density at radius 3 is 2.42 bits per heavy atom. The van der Waals surface area contributed by atoms with Crippen LogP contribution in [0.2, 0.25) is 5.02 Å². The van der Waals surface area contributed by atoms with Gasteiger partial charge in [-0.05, 0) is 67.9 Å². The van der Waals surface area contributed by atoms with Crippen molar-refractivity contribution in [2.24, 2.45) is 0 Å². The standard InChI is InChI=1S/C17H19ClN/c1-13-4-5-15(11-16(13)12-19(2)3)10-14-6-8-17(18)9-7-14/h5-9,11H,10,12H2,1-3H3. The minimum absolute atomic E-state index is 0.785. The maximum Gasteiger partial charge on any atom is 0.0406 e. The van der Waals surface area contributed by atoms with Crippen molar-refractivity contribution in [3.63, 3.8) is 0 Å². The molecule has 19 heavy (non-hydrogen) atoms. The molecular weight excluding hydrogens is 254 g/mol. The van der Waals surface area contributed by atoms with Crippen molar-refractivity contribution in [2.75, 3.05) is 14.1 Å². The Kier molecular flexibility index (Phi) is 4.62. The van der Waals surface area contributed by atoms with Crippen LogP contribution in [0, 0.1) is 13.0 Å². The average molecular weight is 273 g/mol. The fraction of sp³-hybridized carbons (Fsp3) is 0.294. The lowest BCUT2D eigenvalue weighted by Gasteiger charge is -2.13. The fourth-order valence-corrected chi connectivity index (χ4v) is 2.24. The van der Waals surface area contributed by atoms with E-state index in [0.717, 1.165) is 18.0 Å². The van der Waals surface area contributed by atoms with Gasteiger partial charge in [-0.25, -0.2) is 0 Å². The van der Waals surface area contributed by atoms with Crippen LogP contribution < -0.4 is 0 Å². The van der Waals surface area contributed by atoms with Crippen LogP contribution in [0.25, 0.3) is 0 Å². The van der Waals surface area contributed by atoms with Gasteiger partial charge in [0.05, 0.1) is 0 Å². The second-order valence-electron chi connectivity index (χ2n) is 5.20. The van der Waals surface area contributed by atoms with Crippen LogP contribution in [0.3, 0.4) is 0 Å². The van der Waals surface area contributed by atoms with Gasteiger partial charge in [0.2, 0.25) is 0 Å². The topological polar surface area (TPSA) is 3.24 Å². The molecule has 0 spiro atoms. The molecule has 0 saturated heterocycles. The quantitative estimate of drug-likeness (QED) is 0.810. The van der Waals surface area contributed by atoms with E-state index in [0.29, 0.717) is 0 Å². The van der Waals surface area contributed by atoms with E-state index in [-0.39, 0.29) is 0 Å². The number of benzene rings is 2. The van der Waals surface area contributed by atoms with E-state index in [2.05, 4.69) is 56.3 Å². The summed E-state index contributed by atoms with van der Waals surface area (Å²) >= 11 is 5.91. The average Bonchev–Trinajstić information content (AvgIpc) is 2.36. The maximum absolute atomic E-state index is 5.91. The first-order chi connectivity index (χ1) is 9.04. The molecule has 0 aliphatic rings. The highest BCUT2D eigenvalue weighted by atomic mass is 35.5. The molecule has 1 nitrogen and oxygen atoms in total. The molecular formula is C17H19ClN. The van der Waals surface area contributed by atoms with Crippen LogP contribution in [-0.2, 0) is 13.0 Å². The Bertz CT molecular complexity index is 544. The molecule has 0 aliphatic heterocycles. The Hall–Kier alpha value is -1.31. The van der Waals surface area contributed by atoms with E-state index in [1.807, 2.05) is 12.1 Å². The summed E-state index contributed by atoms with van der Waals surface area (Å²) in [6.07, 6.45) is 0.925. The molecule has 0 atom stereocenters. The number of rotatable bonds is 4. The molecule has 0 unspecified atom stereocenters. The van der Waals surface area contributed by atoms with Gasteiger partial charge in [-0.2, -0.15) is 0 Å². The smallest absolute Gasteiger partial charge is 0.0406 e. The number of hydrogen-bond donors (Lipinski definition) is 0.